The maximum absolute atomic E-state index is 12.1. The molecule has 2 heterocycles. The van der Waals surface area contributed by atoms with E-state index < -0.39 is 0 Å². The van der Waals surface area contributed by atoms with Crippen molar-refractivity contribution in [1.82, 2.24) is 4.90 Å². The largest absolute Gasteiger partial charge is 0.293 e. The first-order chi connectivity index (χ1) is 8.08. The van der Waals surface area contributed by atoms with Gasteiger partial charge in [-0.15, -0.1) is 11.3 Å². The number of carbonyl (C=O) groups excluding carboxylic acids is 1. The number of thioether (sulfide) groups is 1. The van der Waals surface area contributed by atoms with E-state index in [4.69, 9.17) is 23.2 Å². The molecule has 0 spiro atoms. The monoisotopic (exact) mass is 309 g/mol. The maximum Gasteiger partial charge on any atom is 0.179 e. The van der Waals surface area contributed by atoms with Crippen molar-refractivity contribution < 1.29 is 4.79 Å². The average molecular weight is 310 g/mol. The van der Waals surface area contributed by atoms with Gasteiger partial charge in [-0.05, 0) is 13.0 Å². The zero-order chi connectivity index (χ0) is 12.4. The van der Waals surface area contributed by atoms with E-state index in [9.17, 15) is 4.79 Å². The predicted molar refractivity (Wildman–Crippen MR) is 77.0 cm³/mol. The first kappa shape index (κ1) is 13.7. The topological polar surface area (TPSA) is 20.3 Å². The first-order valence-electron chi connectivity index (χ1n) is 5.37. The highest BCUT2D eigenvalue weighted by Gasteiger charge is 2.23. The highest BCUT2D eigenvalue weighted by atomic mass is 35.5. The van der Waals surface area contributed by atoms with Gasteiger partial charge in [-0.3, -0.25) is 9.69 Å². The highest BCUT2D eigenvalue weighted by Crippen LogP contribution is 2.31. The van der Waals surface area contributed by atoms with Crippen LogP contribution < -0.4 is 0 Å². The normalized spacial score (nSPS) is 21.7. The molecule has 2 nitrogen and oxygen atoms in total. The lowest BCUT2D eigenvalue weighted by Gasteiger charge is -2.32. The molecule has 1 aliphatic rings. The minimum absolute atomic E-state index is 0.0666. The van der Waals surface area contributed by atoms with Crippen molar-refractivity contribution in [1.29, 1.82) is 0 Å². The van der Waals surface area contributed by atoms with E-state index in [1.54, 1.807) is 6.07 Å². The number of ketones is 1. The van der Waals surface area contributed by atoms with Gasteiger partial charge in [-0.2, -0.15) is 11.8 Å². The molecule has 1 saturated heterocycles. The summed E-state index contributed by atoms with van der Waals surface area (Å²) in [6.45, 7) is 3.56. The van der Waals surface area contributed by atoms with E-state index in [0.717, 1.165) is 18.1 Å². The lowest BCUT2D eigenvalue weighted by atomic mass is 10.2. The maximum atomic E-state index is 12.1. The van der Waals surface area contributed by atoms with Crippen molar-refractivity contribution in [2.75, 3.05) is 24.6 Å². The van der Waals surface area contributed by atoms with Gasteiger partial charge >= 0.3 is 0 Å². The van der Waals surface area contributed by atoms with Crippen LogP contribution in [0.5, 0.6) is 0 Å². The number of hydrogen-bond acceptors (Lipinski definition) is 4. The second kappa shape index (κ2) is 5.93. The van der Waals surface area contributed by atoms with Crippen LogP contribution in [0.25, 0.3) is 0 Å². The number of thiophene rings is 1. The summed E-state index contributed by atoms with van der Waals surface area (Å²) in [5.74, 6) is 2.25. The number of hydrogen-bond donors (Lipinski definition) is 0. The van der Waals surface area contributed by atoms with Crippen LogP contribution in [0.4, 0.5) is 0 Å². The third-order valence-corrected chi connectivity index (χ3v) is 5.49. The summed E-state index contributed by atoms with van der Waals surface area (Å²) in [4.78, 5) is 14.3. The quantitative estimate of drug-likeness (QED) is 0.795. The molecule has 1 aromatic rings. The van der Waals surface area contributed by atoms with Crippen molar-refractivity contribution >= 4 is 52.1 Å². The number of nitrogens with zero attached hydrogens (tertiary/aromatic N) is 1. The zero-order valence-corrected chi connectivity index (χ0v) is 12.6. The third-order valence-electron chi connectivity index (χ3n) is 2.81. The van der Waals surface area contributed by atoms with Crippen molar-refractivity contribution in [2.24, 2.45) is 0 Å². The van der Waals surface area contributed by atoms with Gasteiger partial charge < -0.3 is 0 Å². The van der Waals surface area contributed by atoms with Gasteiger partial charge in [-0.25, -0.2) is 0 Å². The van der Waals surface area contributed by atoms with Gasteiger partial charge in [-0.1, -0.05) is 23.2 Å². The third kappa shape index (κ3) is 3.38. The number of halogens is 2. The first-order valence-corrected chi connectivity index (χ1v) is 8.10. The fraction of sp³-hybridized carbons (Fsp3) is 0.545. The Morgan fingerprint density at radius 2 is 2.35 bits per heavy atom. The average Bonchev–Trinajstić information content (AvgIpc) is 2.61. The van der Waals surface area contributed by atoms with Crippen LogP contribution in [0, 0.1) is 0 Å². The second-order valence-electron chi connectivity index (χ2n) is 4.06. The van der Waals surface area contributed by atoms with Crippen LogP contribution in [0.3, 0.4) is 0 Å². The van der Waals surface area contributed by atoms with Crippen LogP contribution >= 0.6 is 46.3 Å². The van der Waals surface area contributed by atoms with E-state index >= 15 is 0 Å². The molecule has 17 heavy (non-hydrogen) atoms. The molecule has 94 valence electrons. The summed E-state index contributed by atoms with van der Waals surface area (Å²) in [6, 6.07) is 2.12. The molecule has 0 saturated carbocycles. The van der Waals surface area contributed by atoms with Gasteiger partial charge in [0.05, 0.1) is 16.4 Å². The van der Waals surface area contributed by atoms with Crippen molar-refractivity contribution in [3.05, 3.63) is 20.3 Å². The summed E-state index contributed by atoms with van der Waals surface area (Å²) in [5.41, 5.74) is 0.562. The fourth-order valence-electron chi connectivity index (χ4n) is 1.80. The van der Waals surface area contributed by atoms with E-state index in [-0.39, 0.29) is 5.78 Å². The summed E-state index contributed by atoms with van der Waals surface area (Å²) in [6.07, 6.45) is 0. The van der Waals surface area contributed by atoms with Crippen LogP contribution in [-0.2, 0) is 0 Å². The van der Waals surface area contributed by atoms with Crippen LogP contribution in [-0.4, -0.2) is 41.3 Å². The summed E-state index contributed by atoms with van der Waals surface area (Å²) >= 11 is 15.0. The van der Waals surface area contributed by atoms with E-state index in [1.807, 2.05) is 11.8 Å². The smallest absolute Gasteiger partial charge is 0.179 e. The summed E-state index contributed by atoms with van der Waals surface area (Å²) in [5, 5.41) is 0. The molecule has 2 rings (SSSR count). The molecule has 1 aliphatic heterocycles. The summed E-state index contributed by atoms with van der Waals surface area (Å²) < 4.78 is 1.07. The van der Waals surface area contributed by atoms with Gasteiger partial charge in [0.25, 0.3) is 0 Å². The van der Waals surface area contributed by atoms with Crippen molar-refractivity contribution in [2.45, 2.75) is 13.0 Å². The Bertz CT molecular complexity index is 422. The number of Topliss-reactive ketones (excluding diaryl/α,β-unsaturated/α-hetero) is 1. The molecule has 0 amide bonds. The SMILES string of the molecule is CC1CSCCN1CC(=O)c1cc(Cl)sc1Cl. The lowest BCUT2D eigenvalue weighted by Crippen LogP contribution is -2.43. The van der Waals surface area contributed by atoms with Crippen molar-refractivity contribution in [3.63, 3.8) is 0 Å². The minimum atomic E-state index is 0.0666. The van der Waals surface area contributed by atoms with Crippen molar-refractivity contribution in [3.8, 4) is 0 Å². The van der Waals surface area contributed by atoms with Crippen LogP contribution in [0.15, 0.2) is 6.07 Å². The molecule has 0 radical (unpaired) electrons. The van der Waals surface area contributed by atoms with Gasteiger partial charge in [0.2, 0.25) is 0 Å². The van der Waals surface area contributed by atoms with Gasteiger partial charge in [0.1, 0.15) is 4.34 Å². The molecule has 1 aromatic heterocycles. The highest BCUT2D eigenvalue weighted by molar-refractivity contribution is 7.99. The van der Waals surface area contributed by atoms with E-state index in [0.29, 0.717) is 26.8 Å². The molecule has 1 fully saturated rings. The Hall–Kier alpha value is 0.260. The molecule has 1 atom stereocenters. The van der Waals surface area contributed by atoms with Gasteiger partial charge in [0.15, 0.2) is 5.78 Å². The fourth-order valence-corrected chi connectivity index (χ4v) is 4.38. The van der Waals surface area contributed by atoms with Crippen LogP contribution in [0.1, 0.15) is 17.3 Å². The molecule has 0 aromatic carbocycles. The number of carbonyl (C=O) groups is 1. The zero-order valence-electron chi connectivity index (χ0n) is 9.41. The molecule has 0 bridgehead atoms. The Kier molecular flexibility index (Phi) is 4.78. The lowest BCUT2D eigenvalue weighted by molar-refractivity contribution is 0.0912. The van der Waals surface area contributed by atoms with E-state index in [1.165, 1.54) is 11.3 Å². The predicted octanol–water partition coefficient (Wildman–Crippen LogP) is 3.67. The Labute approximate surface area is 119 Å². The summed E-state index contributed by atoms with van der Waals surface area (Å²) in [7, 11) is 0. The molecular weight excluding hydrogens is 297 g/mol. The molecule has 1 unspecified atom stereocenters. The number of rotatable bonds is 3. The molecule has 6 heteroatoms. The Balaban J connectivity index is 2.03. The van der Waals surface area contributed by atoms with Crippen LogP contribution in [0.2, 0.25) is 8.67 Å². The molecule has 0 aliphatic carbocycles. The Morgan fingerprint density at radius 3 is 2.94 bits per heavy atom. The molecular formula is C11H13Cl2NOS2. The van der Waals surface area contributed by atoms with E-state index in [2.05, 4.69) is 11.8 Å². The van der Waals surface area contributed by atoms with Gasteiger partial charge in [0, 0.05) is 24.1 Å². The molecule has 0 N–H and O–H groups in total. The second-order valence-corrected chi connectivity index (χ2v) is 7.49. The standard InChI is InChI=1S/C11H13Cl2NOS2/c1-7-6-16-3-2-14(7)5-9(15)8-4-10(12)17-11(8)13/h4,7H,2-3,5-6H2,1H3. The Morgan fingerprint density at radius 1 is 1.59 bits per heavy atom. The minimum Gasteiger partial charge on any atom is -0.293 e.